The van der Waals surface area contributed by atoms with Crippen molar-refractivity contribution in [2.75, 3.05) is 38.6 Å². The zero-order valence-corrected chi connectivity index (χ0v) is 13.7. The number of halogens is 1. The van der Waals surface area contributed by atoms with Crippen LogP contribution in [0.1, 0.15) is 24.8 Å². The molecule has 0 radical (unpaired) electrons. The molecule has 116 valence electrons. The van der Waals surface area contributed by atoms with E-state index in [-0.39, 0.29) is 0 Å². The van der Waals surface area contributed by atoms with Crippen molar-refractivity contribution in [3.05, 3.63) is 22.8 Å². The molecule has 2 fully saturated rings. The van der Waals surface area contributed by atoms with Gasteiger partial charge in [0.25, 0.3) is 0 Å². The summed E-state index contributed by atoms with van der Waals surface area (Å²) in [5.74, 6) is 1.86. The van der Waals surface area contributed by atoms with E-state index in [4.69, 9.17) is 11.6 Å². The van der Waals surface area contributed by atoms with Gasteiger partial charge in [-0.3, -0.25) is 0 Å². The first kappa shape index (κ1) is 15.1. The number of fused-ring (bicyclic) bond motifs is 1. The fourth-order valence-electron chi connectivity index (χ4n) is 3.83. The van der Waals surface area contributed by atoms with Crippen LogP contribution in [0.5, 0.6) is 0 Å². The Morgan fingerprint density at radius 2 is 2.24 bits per heavy atom. The Morgan fingerprint density at radius 1 is 1.38 bits per heavy atom. The topological polar surface area (TPSA) is 31.4 Å². The fraction of sp³-hybridized carbons (Fsp3) is 0.688. The van der Waals surface area contributed by atoms with Crippen molar-refractivity contribution < 1.29 is 0 Å². The molecule has 5 heteroatoms. The molecule has 0 spiro atoms. The second kappa shape index (κ2) is 6.51. The smallest absolute Gasteiger partial charge is 0.128 e. The molecule has 0 aromatic carbocycles. The number of nitrogens with one attached hydrogen (secondary N) is 1. The van der Waals surface area contributed by atoms with Crippen molar-refractivity contribution in [2.24, 2.45) is 5.92 Å². The molecule has 1 aromatic rings. The van der Waals surface area contributed by atoms with Gasteiger partial charge in [0.15, 0.2) is 0 Å². The van der Waals surface area contributed by atoms with E-state index in [1.165, 1.54) is 25.8 Å². The average molecular weight is 309 g/mol. The van der Waals surface area contributed by atoms with Gasteiger partial charge in [-0.2, -0.15) is 0 Å². The highest BCUT2D eigenvalue weighted by Crippen LogP contribution is 2.32. The van der Waals surface area contributed by atoms with Crippen molar-refractivity contribution in [3.8, 4) is 0 Å². The third-order valence-corrected chi connectivity index (χ3v) is 5.30. The Kier molecular flexibility index (Phi) is 4.67. The Bertz CT molecular complexity index is 493. The van der Waals surface area contributed by atoms with Gasteiger partial charge in [0.2, 0.25) is 0 Å². The normalized spacial score (nSPS) is 26.7. The summed E-state index contributed by atoms with van der Waals surface area (Å²) < 4.78 is 0. The molecule has 1 N–H and O–H groups in total. The molecule has 2 aliphatic heterocycles. The van der Waals surface area contributed by atoms with Gasteiger partial charge in [0.1, 0.15) is 5.82 Å². The first-order chi connectivity index (χ1) is 10.2. The predicted molar refractivity (Wildman–Crippen MR) is 88.0 cm³/mol. The molecule has 1 aromatic heterocycles. The van der Waals surface area contributed by atoms with Gasteiger partial charge < -0.3 is 15.1 Å². The van der Waals surface area contributed by atoms with Crippen LogP contribution in [0.25, 0.3) is 0 Å². The second-order valence-corrected chi connectivity index (χ2v) is 6.76. The largest absolute Gasteiger partial charge is 0.356 e. The Hall–Kier alpha value is -0.840. The molecular weight excluding hydrogens is 284 g/mol. The van der Waals surface area contributed by atoms with Crippen molar-refractivity contribution in [1.29, 1.82) is 0 Å². The summed E-state index contributed by atoms with van der Waals surface area (Å²) in [6.45, 7) is 4.27. The van der Waals surface area contributed by atoms with E-state index in [9.17, 15) is 0 Å². The second-order valence-electron chi connectivity index (χ2n) is 6.35. The molecule has 2 atom stereocenters. The standard InChI is InChI=1S/C16H25ClN4/c1-18-9-13-8-16(19-10-14(13)17)21-7-5-15-12(11-21)4-3-6-20(15)2/h8,10,12,15,18H,3-7,9,11H2,1-2H3. The van der Waals surface area contributed by atoms with E-state index in [0.717, 1.165) is 48.0 Å². The molecule has 3 rings (SSSR count). The lowest BCUT2D eigenvalue weighted by atomic mass is 9.84. The summed E-state index contributed by atoms with van der Waals surface area (Å²) in [6.07, 6.45) is 5.71. The van der Waals surface area contributed by atoms with Gasteiger partial charge >= 0.3 is 0 Å². The minimum absolute atomic E-state index is 0.750. The molecule has 2 saturated heterocycles. The summed E-state index contributed by atoms with van der Waals surface area (Å²) in [6, 6.07) is 2.91. The number of hydrogen-bond acceptors (Lipinski definition) is 4. The molecule has 0 bridgehead atoms. The van der Waals surface area contributed by atoms with E-state index in [1.54, 1.807) is 6.20 Å². The Labute approximate surface area is 132 Å². The summed E-state index contributed by atoms with van der Waals surface area (Å²) in [5, 5.41) is 3.92. The number of pyridine rings is 1. The van der Waals surface area contributed by atoms with Crippen molar-refractivity contribution >= 4 is 17.4 Å². The molecular formula is C16H25ClN4. The third-order valence-electron chi connectivity index (χ3n) is 4.96. The van der Waals surface area contributed by atoms with Gasteiger partial charge in [-0.25, -0.2) is 4.98 Å². The number of likely N-dealkylation sites (tertiary alicyclic amines) is 1. The zero-order valence-electron chi connectivity index (χ0n) is 13.0. The molecule has 2 aliphatic rings. The summed E-state index contributed by atoms with van der Waals surface area (Å²) in [4.78, 5) is 9.54. The molecule has 21 heavy (non-hydrogen) atoms. The molecule has 0 aliphatic carbocycles. The van der Waals surface area contributed by atoms with Gasteiger partial charge in [-0.05, 0) is 57.5 Å². The average Bonchev–Trinajstić information content (AvgIpc) is 2.50. The maximum atomic E-state index is 6.22. The van der Waals surface area contributed by atoms with Crippen LogP contribution in [-0.2, 0) is 6.54 Å². The van der Waals surface area contributed by atoms with Crippen LogP contribution in [-0.4, -0.2) is 49.7 Å². The van der Waals surface area contributed by atoms with E-state index in [2.05, 4.69) is 33.2 Å². The SMILES string of the molecule is CNCc1cc(N2CCC3C(CCCN3C)C2)ncc1Cl. The number of aromatic nitrogens is 1. The summed E-state index contributed by atoms with van der Waals surface area (Å²) >= 11 is 6.22. The van der Waals surface area contributed by atoms with Crippen molar-refractivity contribution in [1.82, 2.24) is 15.2 Å². The fourth-order valence-corrected chi connectivity index (χ4v) is 4.00. The third kappa shape index (κ3) is 3.17. The highest BCUT2D eigenvalue weighted by molar-refractivity contribution is 6.31. The van der Waals surface area contributed by atoms with E-state index >= 15 is 0 Å². The molecule has 4 nitrogen and oxygen atoms in total. The number of rotatable bonds is 3. The Balaban J connectivity index is 1.74. The summed E-state index contributed by atoms with van der Waals surface area (Å²) in [5.41, 5.74) is 1.13. The molecule has 2 unspecified atom stereocenters. The Morgan fingerprint density at radius 3 is 3.05 bits per heavy atom. The predicted octanol–water partition coefficient (Wildman–Crippen LogP) is 2.37. The highest BCUT2D eigenvalue weighted by atomic mass is 35.5. The quantitative estimate of drug-likeness (QED) is 0.929. The lowest BCUT2D eigenvalue weighted by Crippen LogP contribution is -2.52. The van der Waals surface area contributed by atoms with Crippen LogP contribution in [0.3, 0.4) is 0 Å². The van der Waals surface area contributed by atoms with Crippen molar-refractivity contribution in [3.63, 3.8) is 0 Å². The molecule has 0 amide bonds. The lowest BCUT2D eigenvalue weighted by Gasteiger charge is -2.46. The van der Waals surface area contributed by atoms with Crippen LogP contribution >= 0.6 is 11.6 Å². The summed E-state index contributed by atoms with van der Waals surface area (Å²) in [7, 11) is 4.22. The van der Waals surface area contributed by atoms with Crippen LogP contribution in [0.15, 0.2) is 12.3 Å². The molecule has 3 heterocycles. The first-order valence-corrected chi connectivity index (χ1v) is 8.31. The van der Waals surface area contributed by atoms with Gasteiger partial charge in [0.05, 0.1) is 5.02 Å². The number of nitrogens with zero attached hydrogens (tertiary/aromatic N) is 3. The maximum Gasteiger partial charge on any atom is 0.128 e. The van der Waals surface area contributed by atoms with E-state index in [0.29, 0.717) is 0 Å². The van der Waals surface area contributed by atoms with E-state index in [1.807, 2.05) is 7.05 Å². The van der Waals surface area contributed by atoms with Gasteiger partial charge in [-0.15, -0.1) is 0 Å². The van der Waals surface area contributed by atoms with Gasteiger partial charge in [0, 0.05) is 31.9 Å². The van der Waals surface area contributed by atoms with Crippen LogP contribution in [0.4, 0.5) is 5.82 Å². The van der Waals surface area contributed by atoms with Crippen LogP contribution < -0.4 is 10.2 Å². The highest BCUT2D eigenvalue weighted by Gasteiger charge is 2.34. The zero-order chi connectivity index (χ0) is 14.8. The monoisotopic (exact) mass is 308 g/mol. The number of piperidine rings is 2. The number of anilines is 1. The minimum Gasteiger partial charge on any atom is -0.356 e. The molecule has 0 saturated carbocycles. The minimum atomic E-state index is 0.750. The maximum absolute atomic E-state index is 6.22. The van der Waals surface area contributed by atoms with Crippen LogP contribution in [0.2, 0.25) is 5.02 Å². The van der Waals surface area contributed by atoms with Gasteiger partial charge in [-0.1, -0.05) is 11.6 Å². The van der Waals surface area contributed by atoms with Crippen LogP contribution in [0, 0.1) is 5.92 Å². The van der Waals surface area contributed by atoms with Crippen molar-refractivity contribution in [2.45, 2.75) is 31.8 Å². The number of hydrogen-bond donors (Lipinski definition) is 1. The van der Waals surface area contributed by atoms with E-state index < -0.39 is 0 Å². The lowest BCUT2D eigenvalue weighted by molar-refractivity contribution is 0.102. The first-order valence-electron chi connectivity index (χ1n) is 7.93.